The second-order valence-corrected chi connectivity index (χ2v) is 3.23. The topological polar surface area (TPSA) is 52.3 Å². The second kappa shape index (κ2) is 4.07. The number of hydrogen-bond donors (Lipinski definition) is 0. The number of nitrogens with zero attached hydrogens (tertiary/aromatic N) is 1. The van der Waals surface area contributed by atoms with E-state index in [-0.39, 0.29) is 12.4 Å². The summed E-state index contributed by atoms with van der Waals surface area (Å²) in [5.41, 5.74) is 2.04. The van der Waals surface area contributed by atoms with Gasteiger partial charge in [0.25, 0.3) is 0 Å². The van der Waals surface area contributed by atoms with Gasteiger partial charge in [0.2, 0.25) is 5.76 Å². The minimum absolute atomic E-state index is 0.0671. The largest absolute Gasteiger partial charge is 0.447 e. The van der Waals surface area contributed by atoms with Gasteiger partial charge in [0.1, 0.15) is 5.52 Å². The number of pyridine rings is 1. The summed E-state index contributed by atoms with van der Waals surface area (Å²) in [5, 5.41) is 0. The van der Waals surface area contributed by atoms with Gasteiger partial charge in [-0.3, -0.25) is 0 Å². The SMILES string of the molecule is C#CCOC(=O)c1cc2nc(C)ccc2o1. The fourth-order valence-electron chi connectivity index (χ4n) is 1.30. The molecule has 16 heavy (non-hydrogen) atoms. The fraction of sp³-hybridized carbons (Fsp3) is 0.167. The molecule has 2 rings (SSSR count). The first-order valence-corrected chi connectivity index (χ1v) is 4.68. The van der Waals surface area contributed by atoms with Crippen molar-refractivity contribution in [2.75, 3.05) is 6.61 Å². The van der Waals surface area contributed by atoms with Gasteiger partial charge in [-0.05, 0) is 19.1 Å². The minimum atomic E-state index is -0.575. The van der Waals surface area contributed by atoms with E-state index in [1.807, 2.05) is 13.0 Å². The van der Waals surface area contributed by atoms with Crippen LogP contribution in [0, 0.1) is 19.3 Å². The Bertz CT molecular complexity index is 577. The normalized spacial score (nSPS) is 10.0. The number of aromatic nitrogens is 1. The summed E-state index contributed by atoms with van der Waals surface area (Å²) in [7, 11) is 0. The Morgan fingerprint density at radius 2 is 2.44 bits per heavy atom. The molecule has 0 atom stereocenters. The van der Waals surface area contributed by atoms with Gasteiger partial charge in [-0.25, -0.2) is 9.78 Å². The van der Waals surface area contributed by atoms with Crippen LogP contribution in [0.4, 0.5) is 0 Å². The van der Waals surface area contributed by atoms with Gasteiger partial charge < -0.3 is 9.15 Å². The van der Waals surface area contributed by atoms with Crippen LogP contribution in [0.15, 0.2) is 22.6 Å². The minimum Gasteiger partial charge on any atom is -0.447 e. The van der Waals surface area contributed by atoms with Crippen LogP contribution in [0.1, 0.15) is 16.2 Å². The van der Waals surface area contributed by atoms with Gasteiger partial charge in [0, 0.05) is 11.8 Å². The molecule has 0 bridgehead atoms. The molecule has 0 N–H and O–H groups in total. The summed E-state index contributed by atoms with van der Waals surface area (Å²) in [5.74, 6) is 1.75. The lowest BCUT2D eigenvalue weighted by molar-refractivity contribution is 0.0523. The van der Waals surface area contributed by atoms with E-state index >= 15 is 0 Å². The monoisotopic (exact) mass is 215 g/mol. The van der Waals surface area contributed by atoms with Crippen molar-refractivity contribution in [3.63, 3.8) is 0 Å². The van der Waals surface area contributed by atoms with Crippen LogP contribution in [0.25, 0.3) is 11.1 Å². The number of fused-ring (bicyclic) bond motifs is 1. The van der Waals surface area contributed by atoms with Crippen LogP contribution in [0.3, 0.4) is 0 Å². The third-order valence-corrected chi connectivity index (χ3v) is 2.00. The van der Waals surface area contributed by atoms with Crippen molar-refractivity contribution < 1.29 is 13.9 Å². The average molecular weight is 215 g/mol. The van der Waals surface area contributed by atoms with Crippen molar-refractivity contribution in [2.45, 2.75) is 6.92 Å². The molecular weight excluding hydrogens is 206 g/mol. The molecule has 0 fully saturated rings. The highest BCUT2D eigenvalue weighted by molar-refractivity contribution is 5.91. The molecule has 0 spiro atoms. The van der Waals surface area contributed by atoms with E-state index < -0.39 is 5.97 Å². The molecule has 0 radical (unpaired) electrons. The smallest absolute Gasteiger partial charge is 0.375 e. The van der Waals surface area contributed by atoms with E-state index in [9.17, 15) is 4.79 Å². The highest BCUT2D eigenvalue weighted by Crippen LogP contribution is 2.18. The fourth-order valence-corrected chi connectivity index (χ4v) is 1.30. The summed E-state index contributed by atoms with van der Waals surface area (Å²) in [6, 6.07) is 5.11. The first kappa shape index (κ1) is 10.2. The molecule has 0 saturated heterocycles. The van der Waals surface area contributed by atoms with Gasteiger partial charge in [0.05, 0.1) is 0 Å². The Balaban J connectivity index is 2.33. The van der Waals surface area contributed by atoms with E-state index in [0.29, 0.717) is 11.1 Å². The van der Waals surface area contributed by atoms with Crippen LogP contribution < -0.4 is 0 Å². The Hall–Kier alpha value is -2.28. The number of rotatable bonds is 2. The molecular formula is C12H9NO3. The lowest BCUT2D eigenvalue weighted by Crippen LogP contribution is -2.03. The Morgan fingerprint density at radius 1 is 1.62 bits per heavy atom. The molecule has 4 nitrogen and oxygen atoms in total. The molecule has 0 saturated carbocycles. The molecule has 0 aliphatic carbocycles. The van der Waals surface area contributed by atoms with Gasteiger partial charge in [-0.15, -0.1) is 6.42 Å². The molecule has 0 unspecified atom stereocenters. The summed E-state index contributed by atoms with van der Waals surface area (Å²) < 4.78 is 10.0. The van der Waals surface area contributed by atoms with E-state index in [0.717, 1.165) is 5.69 Å². The third kappa shape index (κ3) is 1.89. The standard InChI is InChI=1S/C12H9NO3/c1-3-6-15-12(14)11-7-9-10(16-11)5-4-8(2)13-9/h1,4-5,7H,6H2,2H3. The number of terminal acetylenes is 1. The van der Waals surface area contributed by atoms with Crippen LogP contribution >= 0.6 is 0 Å². The zero-order chi connectivity index (χ0) is 11.5. The maximum absolute atomic E-state index is 11.4. The van der Waals surface area contributed by atoms with Crippen LogP contribution in [-0.2, 0) is 4.74 Å². The summed E-state index contributed by atoms with van der Waals surface area (Å²) >= 11 is 0. The number of aryl methyl sites for hydroxylation is 1. The number of carbonyl (C=O) groups excluding carboxylic acids is 1. The zero-order valence-corrected chi connectivity index (χ0v) is 8.69. The number of furan rings is 1. The van der Waals surface area contributed by atoms with Crippen LogP contribution in [0.5, 0.6) is 0 Å². The Morgan fingerprint density at radius 3 is 3.19 bits per heavy atom. The Labute approximate surface area is 92.2 Å². The van der Waals surface area contributed by atoms with Crippen molar-refractivity contribution in [1.29, 1.82) is 0 Å². The predicted octanol–water partition coefficient (Wildman–Crippen LogP) is 1.93. The molecule has 0 aliphatic rings. The number of carbonyl (C=O) groups is 1. The zero-order valence-electron chi connectivity index (χ0n) is 8.69. The first-order chi connectivity index (χ1) is 7.70. The average Bonchev–Trinajstić information content (AvgIpc) is 2.68. The molecule has 2 aromatic rings. The van der Waals surface area contributed by atoms with E-state index in [2.05, 4.69) is 10.9 Å². The molecule has 0 aliphatic heterocycles. The van der Waals surface area contributed by atoms with E-state index in [4.69, 9.17) is 15.6 Å². The van der Waals surface area contributed by atoms with Crippen LogP contribution in [-0.4, -0.2) is 17.6 Å². The lowest BCUT2D eigenvalue weighted by atomic mass is 10.3. The molecule has 2 aromatic heterocycles. The molecule has 0 amide bonds. The maximum Gasteiger partial charge on any atom is 0.375 e. The predicted molar refractivity (Wildman–Crippen MR) is 57.9 cm³/mol. The van der Waals surface area contributed by atoms with Gasteiger partial charge in [-0.2, -0.15) is 0 Å². The highest BCUT2D eigenvalue weighted by Gasteiger charge is 2.13. The first-order valence-electron chi connectivity index (χ1n) is 4.68. The molecule has 80 valence electrons. The van der Waals surface area contributed by atoms with Crippen LogP contribution in [0.2, 0.25) is 0 Å². The number of ether oxygens (including phenoxy) is 1. The third-order valence-electron chi connectivity index (χ3n) is 2.00. The summed E-state index contributed by atoms with van der Waals surface area (Å²) in [4.78, 5) is 15.6. The molecule has 4 heteroatoms. The van der Waals surface area contributed by atoms with Gasteiger partial charge in [0.15, 0.2) is 12.2 Å². The number of hydrogen-bond acceptors (Lipinski definition) is 4. The van der Waals surface area contributed by atoms with Gasteiger partial charge >= 0.3 is 5.97 Å². The molecule has 0 aromatic carbocycles. The van der Waals surface area contributed by atoms with Crippen molar-refractivity contribution >= 4 is 17.1 Å². The van der Waals surface area contributed by atoms with Crippen molar-refractivity contribution in [3.8, 4) is 12.3 Å². The maximum atomic E-state index is 11.4. The quantitative estimate of drug-likeness (QED) is 0.567. The summed E-state index contributed by atoms with van der Waals surface area (Å²) in [6.07, 6.45) is 4.98. The van der Waals surface area contributed by atoms with Gasteiger partial charge in [-0.1, -0.05) is 5.92 Å². The molecule has 2 heterocycles. The number of esters is 1. The lowest BCUT2D eigenvalue weighted by Gasteiger charge is -1.94. The van der Waals surface area contributed by atoms with E-state index in [1.54, 1.807) is 12.1 Å². The Kier molecular flexibility index (Phi) is 2.61. The van der Waals surface area contributed by atoms with Crippen molar-refractivity contribution in [1.82, 2.24) is 4.98 Å². The summed E-state index contributed by atoms with van der Waals surface area (Å²) in [6.45, 7) is 1.80. The van der Waals surface area contributed by atoms with Crippen molar-refractivity contribution in [2.24, 2.45) is 0 Å². The highest BCUT2D eigenvalue weighted by atomic mass is 16.5. The second-order valence-electron chi connectivity index (χ2n) is 3.23. The van der Waals surface area contributed by atoms with E-state index in [1.165, 1.54) is 0 Å². The van der Waals surface area contributed by atoms with Crippen molar-refractivity contribution in [3.05, 3.63) is 29.7 Å².